The van der Waals surface area contributed by atoms with Gasteiger partial charge in [0.25, 0.3) is 7.37 Å². The predicted octanol–water partition coefficient (Wildman–Crippen LogP) is 5.90. The molecule has 0 bridgehead atoms. The second kappa shape index (κ2) is 7.79. The Morgan fingerprint density at radius 1 is 0.839 bits per heavy atom. The molecule has 2 aliphatic carbocycles. The van der Waals surface area contributed by atoms with E-state index in [1.807, 2.05) is 78.9 Å². The third-order valence-electron chi connectivity index (χ3n) is 5.79. The molecule has 5 heteroatoms. The highest BCUT2D eigenvalue weighted by atomic mass is 31.2. The maximum Gasteiger partial charge on any atom is 0.288 e. The Bertz CT molecular complexity index is 1200. The van der Waals surface area contributed by atoms with Gasteiger partial charge in [0.15, 0.2) is 0 Å². The molecule has 0 N–H and O–H groups in total. The van der Waals surface area contributed by atoms with Crippen LogP contribution in [0.3, 0.4) is 0 Å². The topological polar surface area (TPSA) is 44.8 Å². The lowest BCUT2D eigenvalue weighted by Gasteiger charge is -2.31. The first-order chi connectivity index (χ1) is 15.2. The van der Waals surface area contributed by atoms with Gasteiger partial charge in [-0.3, -0.25) is 4.57 Å². The predicted molar refractivity (Wildman–Crippen MR) is 125 cm³/mol. The van der Waals surface area contributed by atoms with E-state index in [9.17, 15) is 4.57 Å². The summed E-state index contributed by atoms with van der Waals surface area (Å²) in [7, 11) is -0.146. The molecule has 2 aromatic rings. The van der Waals surface area contributed by atoms with Crippen molar-refractivity contribution >= 4 is 29.8 Å². The van der Waals surface area contributed by atoms with E-state index in [2.05, 4.69) is 6.08 Å². The van der Waals surface area contributed by atoms with E-state index in [4.69, 9.17) is 14.0 Å². The number of hydrogen-bond acceptors (Lipinski definition) is 4. The maximum absolute atomic E-state index is 14.7. The summed E-state index contributed by atoms with van der Waals surface area (Å²) in [6.45, 7) is 0. The van der Waals surface area contributed by atoms with Gasteiger partial charge in [0.05, 0.1) is 25.2 Å². The minimum Gasteiger partial charge on any atom is -0.496 e. The van der Waals surface area contributed by atoms with Crippen LogP contribution in [0.25, 0.3) is 17.1 Å². The van der Waals surface area contributed by atoms with Crippen molar-refractivity contribution in [1.29, 1.82) is 0 Å². The van der Waals surface area contributed by atoms with Crippen LogP contribution in [0.1, 0.15) is 23.1 Å². The summed E-state index contributed by atoms with van der Waals surface area (Å²) in [5, 5.41) is 0.711. The first kappa shape index (κ1) is 19.7. The second-order valence-electron chi connectivity index (χ2n) is 7.53. The van der Waals surface area contributed by atoms with Gasteiger partial charge in [0.1, 0.15) is 17.3 Å². The summed E-state index contributed by atoms with van der Waals surface area (Å²) in [6.07, 6.45) is 12.7. The van der Waals surface area contributed by atoms with Crippen LogP contribution in [0, 0.1) is 0 Å². The number of ether oxygens (including phenoxy) is 2. The van der Waals surface area contributed by atoms with Crippen LogP contribution in [-0.4, -0.2) is 19.9 Å². The van der Waals surface area contributed by atoms with Gasteiger partial charge in [0.2, 0.25) is 0 Å². The smallest absolute Gasteiger partial charge is 0.288 e. The van der Waals surface area contributed by atoms with E-state index in [0.717, 1.165) is 28.7 Å². The number of rotatable bonds is 3. The molecule has 0 aromatic heterocycles. The van der Waals surface area contributed by atoms with E-state index < -0.39 is 13.0 Å². The van der Waals surface area contributed by atoms with Gasteiger partial charge in [0, 0.05) is 16.7 Å². The molecular formula is C26H23O4P. The van der Waals surface area contributed by atoms with Gasteiger partial charge in [-0.25, -0.2) is 0 Å². The van der Waals surface area contributed by atoms with Gasteiger partial charge in [-0.2, -0.15) is 0 Å². The minimum absolute atomic E-state index is 0.555. The summed E-state index contributed by atoms with van der Waals surface area (Å²) < 4.78 is 32.5. The Labute approximate surface area is 182 Å². The summed E-state index contributed by atoms with van der Waals surface area (Å²) in [6, 6.07) is 15.6. The molecule has 4 nitrogen and oxygen atoms in total. The molecule has 1 atom stereocenters. The molecule has 0 saturated heterocycles. The Balaban J connectivity index is 1.74. The van der Waals surface area contributed by atoms with E-state index in [1.165, 1.54) is 0 Å². The highest BCUT2D eigenvalue weighted by Crippen LogP contribution is 2.60. The Kier molecular flexibility index (Phi) is 4.95. The van der Waals surface area contributed by atoms with Crippen LogP contribution in [0.2, 0.25) is 0 Å². The first-order valence-electron chi connectivity index (χ1n) is 10.2. The van der Waals surface area contributed by atoms with Gasteiger partial charge in [-0.1, -0.05) is 60.7 Å². The van der Waals surface area contributed by atoms with Crippen molar-refractivity contribution in [3.63, 3.8) is 0 Å². The van der Waals surface area contributed by atoms with E-state index in [0.29, 0.717) is 22.6 Å². The first-order valence-corrected chi connectivity index (χ1v) is 11.9. The van der Waals surface area contributed by atoms with Crippen molar-refractivity contribution < 1.29 is 18.6 Å². The fourth-order valence-corrected chi connectivity index (χ4v) is 6.79. The molecule has 1 aliphatic heterocycles. The van der Waals surface area contributed by atoms with Crippen LogP contribution >= 0.6 is 7.37 Å². The van der Waals surface area contributed by atoms with Crippen LogP contribution < -0.4 is 5.30 Å². The van der Waals surface area contributed by atoms with Crippen LogP contribution in [0.5, 0.6) is 0 Å². The molecule has 2 aromatic carbocycles. The number of hydrogen-bond donors (Lipinski definition) is 0. The van der Waals surface area contributed by atoms with Crippen LogP contribution in [0.15, 0.2) is 90.7 Å². The van der Waals surface area contributed by atoms with Gasteiger partial charge < -0.3 is 14.0 Å². The van der Waals surface area contributed by atoms with Crippen molar-refractivity contribution in [2.45, 2.75) is 12.1 Å². The lowest BCUT2D eigenvalue weighted by molar-refractivity contribution is 0.364. The largest absolute Gasteiger partial charge is 0.496 e. The lowest BCUT2D eigenvalue weighted by atomic mass is 10.0. The lowest BCUT2D eigenvalue weighted by Crippen LogP contribution is -2.24. The zero-order valence-electron chi connectivity index (χ0n) is 17.4. The molecule has 1 heterocycles. The molecule has 0 radical (unpaired) electrons. The quantitative estimate of drug-likeness (QED) is 0.569. The average molecular weight is 430 g/mol. The molecule has 3 aliphatic rings. The highest BCUT2D eigenvalue weighted by molar-refractivity contribution is 7.68. The minimum atomic E-state index is -3.40. The molecule has 0 spiro atoms. The third kappa shape index (κ3) is 3.19. The Morgan fingerprint density at radius 3 is 2.06 bits per heavy atom. The highest BCUT2D eigenvalue weighted by Gasteiger charge is 2.43. The van der Waals surface area contributed by atoms with Gasteiger partial charge in [-0.05, 0) is 36.3 Å². The monoisotopic (exact) mass is 430 g/mol. The second-order valence-corrected chi connectivity index (χ2v) is 9.98. The van der Waals surface area contributed by atoms with Gasteiger partial charge in [-0.15, -0.1) is 0 Å². The summed E-state index contributed by atoms with van der Waals surface area (Å²) in [5.41, 5.74) is 3.14. The molecule has 156 valence electrons. The number of allylic oxidation sites excluding steroid dienone is 7. The normalized spacial score (nSPS) is 22.1. The molecule has 0 fully saturated rings. The zero-order chi connectivity index (χ0) is 21.4. The molecular weight excluding hydrogens is 407 g/mol. The van der Waals surface area contributed by atoms with Crippen molar-refractivity contribution in [2.24, 2.45) is 0 Å². The molecule has 1 unspecified atom stereocenters. The standard InChI is InChI=1S/C26H23O4P/c1-28-24-16-18(17-25(29-2)20-12-7-6-11-19(20)24)31(27)26-15-9-8-13-22(26)21-10-4-3-5-14-23(21)30-31/h4-18H,3H2,1-2H3. The fourth-order valence-electron chi connectivity index (χ4n) is 4.31. The Morgan fingerprint density at radius 2 is 1.42 bits per heavy atom. The average Bonchev–Trinajstić information content (AvgIpc) is 3.14. The summed E-state index contributed by atoms with van der Waals surface area (Å²) in [5.74, 6) is 1.94. The van der Waals surface area contributed by atoms with Crippen LogP contribution in [-0.2, 0) is 18.6 Å². The van der Waals surface area contributed by atoms with E-state index >= 15 is 0 Å². The van der Waals surface area contributed by atoms with E-state index in [-0.39, 0.29) is 0 Å². The molecule has 5 rings (SSSR count). The Hall–Kier alpha value is -3.23. The van der Waals surface area contributed by atoms with Gasteiger partial charge >= 0.3 is 0 Å². The SMILES string of the molecule is COC1=CC(P2(=O)OC3=C(C=CCC=C3)c3ccccc32)C=C(OC)c2ccccc21. The molecule has 0 amide bonds. The zero-order valence-corrected chi connectivity index (χ0v) is 18.3. The van der Waals surface area contributed by atoms with Crippen molar-refractivity contribution in [3.8, 4) is 0 Å². The number of fused-ring (bicyclic) bond motifs is 3. The molecule has 0 saturated carbocycles. The number of benzene rings is 2. The number of methoxy groups -OCH3 is 2. The third-order valence-corrected chi connectivity index (χ3v) is 8.40. The maximum atomic E-state index is 14.7. The fraction of sp³-hybridized carbons (Fsp3) is 0.154. The van der Waals surface area contributed by atoms with Crippen LogP contribution in [0.4, 0.5) is 0 Å². The van der Waals surface area contributed by atoms with Crippen molar-refractivity contribution in [2.75, 3.05) is 14.2 Å². The summed E-state index contributed by atoms with van der Waals surface area (Å²) >= 11 is 0. The summed E-state index contributed by atoms with van der Waals surface area (Å²) in [4.78, 5) is 0. The molecule has 31 heavy (non-hydrogen) atoms. The van der Waals surface area contributed by atoms with Crippen molar-refractivity contribution in [3.05, 3.63) is 107 Å². The van der Waals surface area contributed by atoms with E-state index in [1.54, 1.807) is 14.2 Å². The van der Waals surface area contributed by atoms with Crippen molar-refractivity contribution in [1.82, 2.24) is 0 Å².